The number of anilines is 4. The number of benzene rings is 4. The Hall–Kier alpha value is -3.25. The first-order valence-corrected chi connectivity index (χ1v) is 17.2. The van der Waals surface area contributed by atoms with Gasteiger partial charge in [-0.05, 0) is 87.2 Å². The molecule has 0 bridgehead atoms. The molecule has 2 aromatic heterocycles. The molecule has 0 atom stereocenters. The Morgan fingerprint density at radius 1 is 0.327 bits per heavy atom. The van der Waals surface area contributed by atoms with Gasteiger partial charge in [0, 0.05) is 49.2 Å². The van der Waals surface area contributed by atoms with Crippen LogP contribution in [0.1, 0.15) is 25.7 Å². The molecule has 0 amide bonds. The zero-order valence-corrected chi connectivity index (χ0v) is 29.8. The number of nitrogens with zero attached hydrogens (tertiary/aromatic N) is 2. The van der Waals surface area contributed by atoms with Gasteiger partial charge in [-0.15, -0.1) is 24.3 Å². The van der Waals surface area contributed by atoms with Gasteiger partial charge < -0.3 is 19.1 Å². The fourth-order valence-corrected chi connectivity index (χ4v) is 5.67. The topological polar surface area (TPSA) is 24.9 Å². The van der Waals surface area contributed by atoms with E-state index in [9.17, 15) is 0 Å². The molecule has 2 fully saturated rings. The predicted octanol–water partition coefficient (Wildman–Crippen LogP) is 10.2. The standard InChI is InChI=1S/2C17H15BN.2C4H8O.Yb/c2*1-4-10-16(11-5-1)19(17-12-6-2-7-13-17)18-14-8-3-9-15-18;2*1-2-4-5-3-1;/h2*1-15H;2*1-4H2;/q2*-1;;;+2. The maximum Gasteiger partial charge on any atom is 2.00 e. The predicted molar refractivity (Wildman–Crippen MR) is 206 cm³/mol. The van der Waals surface area contributed by atoms with Gasteiger partial charge in [0.2, 0.25) is 0 Å². The molecular weight excluding hydrogens is 759 g/mol. The number of para-hydroxylation sites is 4. The van der Waals surface area contributed by atoms with Crippen LogP contribution in [-0.2, 0) is 9.47 Å². The maximum atomic E-state index is 4.94. The fourth-order valence-electron chi connectivity index (χ4n) is 5.67. The maximum absolute atomic E-state index is 4.94. The molecule has 0 aliphatic carbocycles. The number of rotatable bonds is 6. The van der Waals surface area contributed by atoms with Crippen molar-refractivity contribution >= 4 is 35.7 Å². The summed E-state index contributed by atoms with van der Waals surface area (Å²) in [6.07, 6.45) is 5.11. The quantitative estimate of drug-likeness (QED) is 0.167. The molecule has 256 valence electrons. The average Bonchev–Trinajstić information content (AvgIpc) is 3.96. The third-order valence-corrected chi connectivity index (χ3v) is 8.07. The van der Waals surface area contributed by atoms with Crippen LogP contribution >= 0.6 is 0 Å². The van der Waals surface area contributed by atoms with E-state index in [1.165, 1.54) is 48.4 Å². The molecule has 0 saturated carbocycles. The molecule has 49 heavy (non-hydrogen) atoms. The molecular formula is C42H46B2N2O2Yb. The monoisotopic (exact) mass is 806 g/mol. The molecule has 6 aromatic rings. The second kappa shape index (κ2) is 23.2. The van der Waals surface area contributed by atoms with Crippen molar-refractivity contribution in [3.8, 4) is 0 Å². The molecule has 2 aliphatic rings. The Kier molecular flexibility index (Phi) is 18.3. The van der Waals surface area contributed by atoms with Crippen LogP contribution < -0.4 is 9.62 Å². The molecule has 0 spiro atoms. The first kappa shape index (κ1) is 38.5. The van der Waals surface area contributed by atoms with Crippen molar-refractivity contribution in [1.29, 1.82) is 0 Å². The van der Waals surface area contributed by atoms with Gasteiger partial charge in [-0.2, -0.15) is 0 Å². The van der Waals surface area contributed by atoms with Gasteiger partial charge in [-0.3, -0.25) is 0 Å². The summed E-state index contributed by atoms with van der Waals surface area (Å²) in [5.41, 5.74) is 4.81. The Bertz CT molecular complexity index is 1330. The van der Waals surface area contributed by atoms with Gasteiger partial charge in [0.1, 0.15) is 0 Å². The summed E-state index contributed by atoms with van der Waals surface area (Å²) < 4.78 is 9.89. The largest absolute Gasteiger partial charge is 2.00 e. The Morgan fingerprint density at radius 3 is 0.755 bits per heavy atom. The normalized spacial score (nSPS) is 12.7. The number of hydrogen-bond acceptors (Lipinski definition) is 4. The summed E-state index contributed by atoms with van der Waals surface area (Å²) in [5, 5.41) is 0. The van der Waals surface area contributed by atoms with E-state index in [0.717, 1.165) is 26.4 Å². The van der Waals surface area contributed by atoms with E-state index in [2.05, 4.69) is 167 Å². The van der Waals surface area contributed by atoms with Crippen LogP contribution in [-0.4, -0.2) is 39.4 Å². The van der Waals surface area contributed by atoms with E-state index in [4.69, 9.17) is 9.47 Å². The van der Waals surface area contributed by atoms with Gasteiger partial charge in [0.25, 0.3) is 0 Å². The van der Waals surface area contributed by atoms with Crippen molar-refractivity contribution in [1.82, 2.24) is 0 Å². The number of ether oxygens (including phenoxy) is 2. The van der Waals surface area contributed by atoms with E-state index in [-0.39, 0.29) is 59.9 Å². The molecule has 4 aromatic carbocycles. The molecule has 2 aliphatic heterocycles. The van der Waals surface area contributed by atoms with Crippen LogP contribution in [0, 0.1) is 46.9 Å². The van der Waals surface area contributed by atoms with Crippen molar-refractivity contribution in [3.63, 3.8) is 0 Å². The molecule has 0 unspecified atom stereocenters. The molecule has 8 rings (SSSR count). The smallest absolute Gasteiger partial charge is 0.529 e. The summed E-state index contributed by atoms with van der Waals surface area (Å²) in [4.78, 5) is 4.67. The Morgan fingerprint density at radius 2 is 0.551 bits per heavy atom. The van der Waals surface area contributed by atoms with Crippen LogP contribution in [0.3, 0.4) is 0 Å². The van der Waals surface area contributed by atoms with Crippen molar-refractivity contribution < 1.29 is 56.4 Å². The van der Waals surface area contributed by atoms with Gasteiger partial charge in [-0.1, -0.05) is 84.9 Å². The first-order valence-electron chi connectivity index (χ1n) is 17.2. The molecule has 4 heterocycles. The van der Waals surface area contributed by atoms with Crippen molar-refractivity contribution in [3.05, 3.63) is 182 Å². The third-order valence-electron chi connectivity index (χ3n) is 8.07. The minimum absolute atomic E-state index is 0. The van der Waals surface area contributed by atoms with Crippen LogP contribution in [0.2, 0.25) is 0 Å². The molecule has 0 N–H and O–H groups in total. The van der Waals surface area contributed by atoms with Crippen LogP contribution in [0.4, 0.5) is 22.7 Å². The molecule has 2 saturated heterocycles. The van der Waals surface area contributed by atoms with Crippen LogP contribution in [0.5, 0.6) is 0 Å². The SMILES string of the molecule is C1CCOC1.C1CCOC1.[Yb+2].c1cc[b-](N(c2ccccc2)c2ccccc2)cc1.c1cc[b-](N(c2ccccc2)c2ccccc2)cc1. The van der Waals surface area contributed by atoms with E-state index >= 15 is 0 Å². The van der Waals surface area contributed by atoms with Crippen molar-refractivity contribution in [2.24, 2.45) is 0 Å². The van der Waals surface area contributed by atoms with Gasteiger partial charge in [0.15, 0.2) is 0 Å². The van der Waals surface area contributed by atoms with Gasteiger partial charge in [-0.25, -0.2) is 23.8 Å². The zero-order chi connectivity index (χ0) is 32.9. The average molecular weight is 806 g/mol. The zero-order valence-electron chi connectivity index (χ0n) is 28.1. The Labute approximate surface area is 332 Å². The summed E-state index contributed by atoms with van der Waals surface area (Å²) >= 11 is 0. The second-order valence-electron chi connectivity index (χ2n) is 11.6. The Balaban J connectivity index is 0.000000169. The molecule has 7 heteroatoms. The third kappa shape index (κ3) is 13.2. The minimum atomic E-state index is 0. The van der Waals surface area contributed by atoms with Crippen molar-refractivity contribution in [2.75, 3.05) is 36.0 Å². The molecule has 4 nitrogen and oxygen atoms in total. The summed E-state index contributed by atoms with van der Waals surface area (Å²) in [6, 6.07) is 54.5. The summed E-state index contributed by atoms with van der Waals surface area (Å²) in [5.74, 6) is 8.83. The first-order chi connectivity index (χ1) is 23.9. The van der Waals surface area contributed by atoms with Crippen LogP contribution in [0.25, 0.3) is 0 Å². The minimum Gasteiger partial charge on any atom is -0.529 e. The summed E-state index contributed by atoms with van der Waals surface area (Å²) in [7, 11) is 0. The number of hydrogen-bond donors (Lipinski definition) is 0. The van der Waals surface area contributed by atoms with E-state index in [1.807, 2.05) is 24.3 Å². The van der Waals surface area contributed by atoms with Gasteiger partial charge in [0.05, 0.1) is 0 Å². The fraction of sp³-hybridized carbons (Fsp3) is 0.190. The van der Waals surface area contributed by atoms with E-state index in [1.54, 1.807) is 0 Å². The molecule has 0 radical (unpaired) electrons. The van der Waals surface area contributed by atoms with E-state index < -0.39 is 0 Å². The summed E-state index contributed by atoms with van der Waals surface area (Å²) in [6.45, 7) is 4.52. The van der Waals surface area contributed by atoms with Crippen LogP contribution in [0.15, 0.2) is 182 Å². The van der Waals surface area contributed by atoms with E-state index in [0.29, 0.717) is 0 Å². The van der Waals surface area contributed by atoms with Gasteiger partial charge >= 0.3 is 46.9 Å². The van der Waals surface area contributed by atoms with Crippen molar-refractivity contribution in [2.45, 2.75) is 25.7 Å². The second-order valence-corrected chi connectivity index (χ2v) is 11.6.